The second kappa shape index (κ2) is 12.3. The summed E-state index contributed by atoms with van der Waals surface area (Å²) in [4.78, 5) is 14.6. The molecule has 3 N–H and O–H groups in total. The van der Waals surface area contributed by atoms with Crippen molar-refractivity contribution in [2.75, 3.05) is 27.2 Å². The molecule has 0 aliphatic heterocycles. The molecule has 0 aromatic rings. The van der Waals surface area contributed by atoms with Gasteiger partial charge in [0.2, 0.25) is 5.91 Å². The van der Waals surface area contributed by atoms with Gasteiger partial charge in [0.1, 0.15) is 0 Å². The summed E-state index contributed by atoms with van der Waals surface area (Å²) in [7, 11) is 4.12. The van der Waals surface area contributed by atoms with Gasteiger partial charge in [-0.25, -0.2) is 0 Å². The molecule has 1 fully saturated rings. The summed E-state index contributed by atoms with van der Waals surface area (Å²) < 4.78 is 0. The Bertz CT molecular complexity index is 309. The molecule has 0 spiro atoms. The van der Waals surface area contributed by atoms with Crippen molar-refractivity contribution in [3.8, 4) is 0 Å². The largest absolute Gasteiger partial charge is 0.352 e. The Morgan fingerprint density at radius 2 is 1.74 bits per heavy atom. The lowest BCUT2D eigenvalue weighted by Gasteiger charge is -2.36. The van der Waals surface area contributed by atoms with Crippen LogP contribution in [-0.4, -0.2) is 44.0 Å². The number of rotatable bonds is 8. The third-order valence-corrected chi connectivity index (χ3v) is 4.59. The minimum Gasteiger partial charge on any atom is -0.352 e. The number of carbonyl (C=O) groups excluding carboxylic acids is 1. The van der Waals surface area contributed by atoms with Crippen LogP contribution in [0.25, 0.3) is 0 Å². The molecule has 6 heteroatoms. The molecule has 0 radical (unpaired) electrons. The van der Waals surface area contributed by atoms with E-state index in [9.17, 15) is 4.79 Å². The summed E-state index contributed by atoms with van der Waals surface area (Å²) >= 11 is 0. The fourth-order valence-electron chi connectivity index (χ4n) is 3.56. The monoisotopic (exact) mass is 369 g/mol. The van der Waals surface area contributed by atoms with Crippen molar-refractivity contribution in [3.05, 3.63) is 0 Å². The Hall–Kier alpha value is -0.0300. The van der Waals surface area contributed by atoms with Crippen LogP contribution in [0.2, 0.25) is 0 Å². The molecule has 0 aromatic heterocycles. The molecule has 23 heavy (non-hydrogen) atoms. The highest BCUT2D eigenvalue weighted by molar-refractivity contribution is 5.85. The summed E-state index contributed by atoms with van der Waals surface area (Å²) in [5, 5.41) is 3.25. The lowest BCUT2D eigenvalue weighted by Crippen LogP contribution is -2.45. The Kier molecular flexibility index (Phi) is 13.5. The second-order valence-electron chi connectivity index (χ2n) is 7.60. The van der Waals surface area contributed by atoms with Crippen molar-refractivity contribution in [2.24, 2.45) is 17.1 Å². The van der Waals surface area contributed by atoms with E-state index >= 15 is 0 Å². The third-order valence-electron chi connectivity index (χ3n) is 4.59. The number of nitrogens with one attached hydrogen (secondary N) is 1. The first kappa shape index (κ1) is 25.2. The van der Waals surface area contributed by atoms with Crippen LogP contribution in [0.15, 0.2) is 0 Å². The maximum atomic E-state index is 12.5. The molecule has 140 valence electrons. The topological polar surface area (TPSA) is 58.4 Å². The summed E-state index contributed by atoms with van der Waals surface area (Å²) in [5.74, 6) is 0.781. The quantitative estimate of drug-likeness (QED) is 0.690. The molecule has 1 aliphatic carbocycles. The van der Waals surface area contributed by atoms with Gasteiger partial charge in [-0.15, -0.1) is 24.8 Å². The van der Waals surface area contributed by atoms with Crippen LogP contribution < -0.4 is 11.1 Å². The van der Waals surface area contributed by atoms with Gasteiger partial charge in [0.25, 0.3) is 0 Å². The molecule has 0 aromatic carbocycles. The lowest BCUT2D eigenvalue weighted by molar-refractivity contribution is -0.124. The van der Waals surface area contributed by atoms with Gasteiger partial charge in [-0.05, 0) is 51.2 Å². The number of carbonyl (C=O) groups is 1. The number of hydrogen-bond acceptors (Lipinski definition) is 3. The van der Waals surface area contributed by atoms with E-state index in [1.54, 1.807) is 0 Å². The second-order valence-corrected chi connectivity index (χ2v) is 7.60. The van der Waals surface area contributed by atoms with Crippen LogP contribution in [0.5, 0.6) is 0 Å². The van der Waals surface area contributed by atoms with Crippen LogP contribution in [0.4, 0.5) is 0 Å². The van der Waals surface area contributed by atoms with Crippen molar-refractivity contribution in [2.45, 2.75) is 64.8 Å². The summed E-state index contributed by atoms with van der Waals surface area (Å²) in [6.45, 7) is 5.96. The Balaban J connectivity index is 0. The van der Waals surface area contributed by atoms with Gasteiger partial charge in [0.05, 0.1) is 0 Å². The summed E-state index contributed by atoms with van der Waals surface area (Å²) in [6.07, 6.45) is 7.58. The molecule has 1 aliphatic rings. The van der Waals surface area contributed by atoms with Gasteiger partial charge < -0.3 is 16.0 Å². The van der Waals surface area contributed by atoms with Crippen LogP contribution >= 0.6 is 24.8 Å². The molecular weight excluding hydrogens is 333 g/mol. The Morgan fingerprint density at radius 3 is 2.17 bits per heavy atom. The van der Waals surface area contributed by atoms with E-state index in [2.05, 4.69) is 38.2 Å². The third kappa shape index (κ3) is 9.75. The molecular formula is C17H37Cl2N3O. The van der Waals surface area contributed by atoms with Gasteiger partial charge in [-0.2, -0.15) is 0 Å². The van der Waals surface area contributed by atoms with Crippen LogP contribution in [-0.2, 0) is 4.79 Å². The van der Waals surface area contributed by atoms with Gasteiger partial charge in [0, 0.05) is 19.0 Å². The van der Waals surface area contributed by atoms with E-state index < -0.39 is 0 Å². The molecule has 0 saturated heterocycles. The molecule has 1 atom stereocenters. The highest BCUT2D eigenvalue weighted by Crippen LogP contribution is 2.38. The SMILES string of the molecule is CC(C)CC(CN(C)C)NC(=O)CC1(CN)CCCCC1.Cl.Cl. The van der Waals surface area contributed by atoms with E-state index in [1.807, 2.05) is 0 Å². The predicted octanol–water partition coefficient (Wildman–Crippen LogP) is 3.22. The van der Waals surface area contributed by atoms with Crippen LogP contribution in [0.1, 0.15) is 58.8 Å². The smallest absolute Gasteiger partial charge is 0.220 e. The number of hydrogen-bond donors (Lipinski definition) is 2. The first-order chi connectivity index (χ1) is 9.87. The molecule has 1 saturated carbocycles. The van der Waals surface area contributed by atoms with Crippen LogP contribution in [0.3, 0.4) is 0 Å². The fourth-order valence-corrected chi connectivity index (χ4v) is 3.56. The van der Waals surface area contributed by atoms with E-state index in [0.29, 0.717) is 18.9 Å². The number of nitrogens with two attached hydrogens (primary N) is 1. The van der Waals surface area contributed by atoms with Gasteiger partial charge in [-0.3, -0.25) is 4.79 Å². The molecule has 1 rings (SSSR count). The maximum Gasteiger partial charge on any atom is 0.220 e. The molecule has 1 amide bonds. The minimum absolute atomic E-state index is 0. The maximum absolute atomic E-state index is 12.5. The predicted molar refractivity (Wildman–Crippen MR) is 104 cm³/mol. The number of nitrogens with zero attached hydrogens (tertiary/aromatic N) is 1. The minimum atomic E-state index is 0. The van der Waals surface area contributed by atoms with Crippen molar-refractivity contribution in [3.63, 3.8) is 0 Å². The van der Waals surface area contributed by atoms with Crippen molar-refractivity contribution in [1.29, 1.82) is 0 Å². The molecule has 4 nitrogen and oxygen atoms in total. The zero-order valence-corrected chi connectivity index (χ0v) is 16.9. The van der Waals surface area contributed by atoms with Crippen molar-refractivity contribution < 1.29 is 4.79 Å². The first-order valence-corrected chi connectivity index (χ1v) is 8.51. The molecule has 0 bridgehead atoms. The average Bonchev–Trinajstić information content (AvgIpc) is 2.37. The van der Waals surface area contributed by atoms with E-state index in [0.717, 1.165) is 25.8 Å². The fraction of sp³-hybridized carbons (Fsp3) is 0.941. The highest BCUT2D eigenvalue weighted by Gasteiger charge is 2.33. The zero-order valence-electron chi connectivity index (χ0n) is 15.3. The van der Waals surface area contributed by atoms with Gasteiger partial charge in [-0.1, -0.05) is 33.1 Å². The number of halogens is 2. The molecule has 1 unspecified atom stereocenters. The average molecular weight is 370 g/mol. The van der Waals surface area contributed by atoms with Crippen LogP contribution in [0, 0.1) is 11.3 Å². The van der Waals surface area contributed by atoms with Crippen molar-refractivity contribution >= 4 is 30.7 Å². The standard InChI is InChI=1S/C17H35N3O.2ClH/c1-14(2)10-15(12-20(3)4)19-16(21)11-17(13-18)8-6-5-7-9-17;;/h14-15H,5-13,18H2,1-4H3,(H,19,21);2*1H. The zero-order chi connectivity index (χ0) is 15.9. The van der Waals surface area contributed by atoms with Gasteiger partial charge >= 0.3 is 0 Å². The summed E-state index contributed by atoms with van der Waals surface area (Å²) in [5.41, 5.74) is 6.05. The lowest BCUT2D eigenvalue weighted by atomic mass is 9.71. The number of amides is 1. The van der Waals surface area contributed by atoms with E-state index in [1.165, 1.54) is 19.3 Å². The van der Waals surface area contributed by atoms with Gasteiger partial charge in [0.15, 0.2) is 0 Å². The summed E-state index contributed by atoms with van der Waals surface area (Å²) in [6, 6.07) is 0.242. The van der Waals surface area contributed by atoms with E-state index in [4.69, 9.17) is 5.73 Å². The first-order valence-electron chi connectivity index (χ1n) is 8.51. The van der Waals surface area contributed by atoms with E-state index in [-0.39, 0.29) is 42.2 Å². The Morgan fingerprint density at radius 1 is 1.17 bits per heavy atom. The number of likely N-dealkylation sites (N-methyl/N-ethyl adjacent to an activating group) is 1. The van der Waals surface area contributed by atoms with Crippen molar-refractivity contribution in [1.82, 2.24) is 10.2 Å². The Labute approximate surface area is 155 Å². The molecule has 0 heterocycles. The highest BCUT2D eigenvalue weighted by atomic mass is 35.5. The normalized spacial score (nSPS) is 18.0.